The van der Waals surface area contributed by atoms with Crippen molar-refractivity contribution in [1.29, 1.82) is 0 Å². The SMILES string of the molecule is COc1cc(Cl)ccc1C(=O)N1CCNCC1C(=O)O. The van der Waals surface area contributed by atoms with E-state index >= 15 is 0 Å². The smallest absolute Gasteiger partial charge is 0.327 e. The molecular formula is C13H15ClN2O4. The number of halogens is 1. The minimum Gasteiger partial charge on any atom is -0.496 e. The number of nitrogens with one attached hydrogen (secondary N) is 1. The van der Waals surface area contributed by atoms with Crippen molar-refractivity contribution in [1.82, 2.24) is 10.2 Å². The first kappa shape index (κ1) is 14.6. The number of hydrogen-bond donors (Lipinski definition) is 2. The summed E-state index contributed by atoms with van der Waals surface area (Å²) in [6.45, 7) is 1.13. The van der Waals surface area contributed by atoms with E-state index in [4.69, 9.17) is 16.3 Å². The monoisotopic (exact) mass is 298 g/mol. The van der Waals surface area contributed by atoms with E-state index in [0.29, 0.717) is 29.4 Å². The third-order valence-corrected chi connectivity index (χ3v) is 3.42. The van der Waals surface area contributed by atoms with Gasteiger partial charge in [0.15, 0.2) is 0 Å². The summed E-state index contributed by atoms with van der Waals surface area (Å²) in [4.78, 5) is 25.1. The summed E-state index contributed by atoms with van der Waals surface area (Å²) >= 11 is 5.86. The van der Waals surface area contributed by atoms with E-state index in [1.165, 1.54) is 18.1 Å². The lowest BCUT2D eigenvalue weighted by molar-refractivity contribution is -0.142. The molecule has 1 aliphatic rings. The molecule has 0 bridgehead atoms. The van der Waals surface area contributed by atoms with Crippen LogP contribution < -0.4 is 10.1 Å². The maximum atomic E-state index is 12.5. The molecule has 1 saturated heterocycles. The summed E-state index contributed by atoms with van der Waals surface area (Å²) in [5.74, 6) is -1.06. The van der Waals surface area contributed by atoms with Gasteiger partial charge in [0.2, 0.25) is 0 Å². The minimum absolute atomic E-state index is 0.233. The number of carbonyl (C=O) groups excluding carboxylic acids is 1. The molecule has 0 radical (unpaired) electrons. The molecule has 1 amide bonds. The fourth-order valence-corrected chi connectivity index (χ4v) is 2.33. The molecule has 2 N–H and O–H groups in total. The van der Waals surface area contributed by atoms with Gasteiger partial charge in [-0.15, -0.1) is 0 Å². The average molecular weight is 299 g/mol. The number of nitrogens with zero attached hydrogens (tertiary/aromatic N) is 1. The summed E-state index contributed by atoms with van der Waals surface area (Å²) in [5, 5.41) is 12.6. The number of ether oxygens (including phenoxy) is 1. The molecule has 1 aromatic rings. The molecule has 2 rings (SSSR count). The third-order valence-electron chi connectivity index (χ3n) is 3.18. The first-order valence-electron chi connectivity index (χ1n) is 6.12. The summed E-state index contributed by atoms with van der Waals surface area (Å²) in [7, 11) is 1.44. The molecule has 0 spiro atoms. The zero-order valence-corrected chi connectivity index (χ0v) is 11.7. The van der Waals surface area contributed by atoms with Crippen LogP contribution in [-0.2, 0) is 4.79 Å². The fourth-order valence-electron chi connectivity index (χ4n) is 2.16. The molecule has 0 saturated carbocycles. The van der Waals surface area contributed by atoms with Crippen molar-refractivity contribution >= 4 is 23.5 Å². The normalized spacial score (nSPS) is 18.7. The van der Waals surface area contributed by atoms with Gasteiger partial charge in [-0.2, -0.15) is 0 Å². The van der Waals surface area contributed by atoms with Crippen molar-refractivity contribution in [2.75, 3.05) is 26.7 Å². The Bertz CT molecular complexity index is 535. The van der Waals surface area contributed by atoms with Gasteiger partial charge >= 0.3 is 5.97 Å². The number of rotatable bonds is 3. The van der Waals surface area contributed by atoms with Gasteiger partial charge in [-0.1, -0.05) is 11.6 Å². The number of carboxylic acid groups (broad SMARTS) is 1. The molecule has 108 valence electrons. The zero-order chi connectivity index (χ0) is 14.7. The van der Waals surface area contributed by atoms with Crippen LogP contribution in [0.15, 0.2) is 18.2 Å². The van der Waals surface area contributed by atoms with Gasteiger partial charge in [-0.05, 0) is 18.2 Å². The van der Waals surface area contributed by atoms with Gasteiger partial charge < -0.3 is 20.1 Å². The van der Waals surface area contributed by atoms with Crippen LogP contribution in [-0.4, -0.2) is 54.7 Å². The van der Waals surface area contributed by atoms with Crippen LogP contribution in [0.25, 0.3) is 0 Å². The molecule has 1 aromatic carbocycles. The van der Waals surface area contributed by atoms with Crippen LogP contribution >= 0.6 is 11.6 Å². The lowest BCUT2D eigenvalue weighted by atomic mass is 10.1. The van der Waals surface area contributed by atoms with E-state index in [2.05, 4.69) is 5.32 Å². The maximum Gasteiger partial charge on any atom is 0.327 e. The molecule has 1 aliphatic heterocycles. The van der Waals surface area contributed by atoms with Gasteiger partial charge in [0.25, 0.3) is 5.91 Å². The second-order valence-electron chi connectivity index (χ2n) is 4.40. The van der Waals surface area contributed by atoms with E-state index < -0.39 is 12.0 Å². The van der Waals surface area contributed by atoms with E-state index in [0.717, 1.165) is 0 Å². The highest BCUT2D eigenvalue weighted by atomic mass is 35.5. The van der Waals surface area contributed by atoms with Crippen LogP contribution in [0.5, 0.6) is 5.75 Å². The lowest BCUT2D eigenvalue weighted by Gasteiger charge is -2.33. The van der Waals surface area contributed by atoms with E-state index in [1.54, 1.807) is 12.1 Å². The highest BCUT2D eigenvalue weighted by molar-refractivity contribution is 6.30. The Morgan fingerprint density at radius 1 is 1.50 bits per heavy atom. The van der Waals surface area contributed by atoms with Gasteiger partial charge in [0.05, 0.1) is 12.7 Å². The van der Waals surface area contributed by atoms with E-state index in [9.17, 15) is 14.7 Å². The lowest BCUT2D eigenvalue weighted by Crippen LogP contribution is -2.57. The van der Waals surface area contributed by atoms with Gasteiger partial charge in [0, 0.05) is 24.7 Å². The fraction of sp³-hybridized carbons (Fsp3) is 0.385. The minimum atomic E-state index is -1.03. The van der Waals surface area contributed by atoms with Crippen molar-refractivity contribution < 1.29 is 19.4 Å². The van der Waals surface area contributed by atoms with E-state index in [-0.39, 0.29) is 12.5 Å². The highest BCUT2D eigenvalue weighted by Crippen LogP contribution is 2.25. The number of amides is 1. The molecule has 0 aromatic heterocycles. The Morgan fingerprint density at radius 3 is 2.90 bits per heavy atom. The van der Waals surface area contributed by atoms with Crippen LogP contribution in [0.3, 0.4) is 0 Å². The number of methoxy groups -OCH3 is 1. The van der Waals surface area contributed by atoms with Crippen LogP contribution in [0.1, 0.15) is 10.4 Å². The quantitative estimate of drug-likeness (QED) is 0.865. The number of carbonyl (C=O) groups is 2. The molecule has 0 aliphatic carbocycles. The average Bonchev–Trinajstić information content (AvgIpc) is 2.46. The van der Waals surface area contributed by atoms with Crippen LogP contribution in [0.2, 0.25) is 5.02 Å². The Hall–Kier alpha value is -1.79. The van der Waals surface area contributed by atoms with Gasteiger partial charge in [-0.25, -0.2) is 4.79 Å². The second kappa shape index (κ2) is 6.11. The number of piperazine rings is 1. The topological polar surface area (TPSA) is 78.9 Å². The largest absolute Gasteiger partial charge is 0.496 e. The zero-order valence-electron chi connectivity index (χ0n) is 10.9. The third kappa shape index (κ3) is 2.86. The first-order valence-corrected chi connectivity index (χ1v) is 6.50. The van der Waals surface area contributed by atoms with Crippen molar-refractivity contribution in [2.45, 2.75) is 6.04 Å². The molecular weight excluding hydrogens is 284 g/mol. The number of carboxylic acids is 1. The van der Waals surface area contributed by atoms with Crippen molar-refractivity contribution in [3.63, 3.8) is 0 Å². The van der Waals surface area contributed by atoms with Crippen molar-refractivity contribution in [3.8, 4) is 5.75 Å². The summed E-state index contributed by atoms with van der Waals surface area (Å²) in [5.41, 5.74) is 0.310. The number of benzene rings is 1. The molecule has 6 nitrogen and oxygen atoms in total. The molecule has 20 heavy (non-hydrogen) atoms. The maximum absolute atomic E-state index is 12.5. The predicted molar refractivity (Wildman–Crippen MR) is 73.3 cm³/mol. The van der Waals surface area contributed by atoms with Crippen LogP contribution in [0.4, 0.5) is 0 Å². The Kier molecular flexibility index (Phi) is 4.46. The number of aliphatic carboxylic acids is 1. The highest BCUT2D eigenvalue weighted by Gasteiger charge is 2.33. The summed E-state index contributed by atoms with van der Waals surface area (Å²) in [6.07, 6.45) is 0. The standard InChI is InChI=1S/C13H15ClN2O4/c1-20-11-6-8(14)2-3-9(11)12(17)16-5-4-15-7-10(16)13(18)19/h2-3,6,10,15H,4-5,7H2,1H3,(H,18,19). The predicted octanol–water partition coefficient (Wildman–Crippen LogP) is 0.847. The van der Waals surface area contributed by atoms with Crippen LogP contribution in [0, 0.1) is 0 Å². The Labute approximate surface area is 121 Å². The molecule has 1 unspecified atom stereocenters. The summed E-state index contributed by atoms with van der Waals surface area (Å²) < 4.78 is 5.14. The molecule has 1 atom stereocenters. The van der Waals surface area contributed by atoms with E-state index in [1.807, 2.05) is 0 Å². The molecule has 1 heterocycles. The molecule has 1 fully saturated rings. The van der Waals surface area contributed by atoms with Crippen molar-refractivity contribution in [2.24, 2.45) is 0 Å². The van der Waals surface area contributed by atoms with Gasteiger partial charge in [0.1, 0.15) is 11.8 Å². The summed E-state index contributed by atoms with van der Waals surface area (Å²) in [6, 6.07) is 3.78. The first-order chi connectivity index (χ1) is 9.54. The van der Waals surface area contributed by atoms with Crippen molar-refractivity contribution in [3.05, 3.63) is 28.8 Å². The van der Waals surface area contributed by atoms with Gasteiger partial charge in [-0.3, -0.25) is 4.79 Å². The second-order valence-corrected chi connectivity index (χ2v) is 4.84. The number of hydrogen-bond acceptors (Lipinski definition) is 4. The Morgan fingerprint density at radius 2 is 2.25 bits per heavy atom. The Balaban J connectivity index is 2.32. The molecule has 7 heteroatoms.